The Labute approximate surface area is 185 Å². The molecule has 0 radical (unpaired) electrons. The van der Waals surface area contributed by atoms with Gasteiger partial charge < -0.3 is 20.1 Å². The van der Waals surface area contributed by atoms with Crippen molar-refractivity contribution in [2.24, 2.45) is 0 Å². The molecule has 0 aliphatic heterocycles. The number of nitrogens with zero attached hydrogens (tertiary/aromatic N) is 2. The molecule has 3 rings (SSSR count). The van der Waals surface area contributed by atoms with Crippen molar-refractivity contribution in [2.75, 3.05) is 26.2 Å². The molecule has 0 atom stereocenters. The lowest BCUT2D eigenvalue weighted by molar-refractivity contribution is 0.261. The van der Waals surface area contributed by atoms with Gasteiger partial charge in [0.25, 0.3) is 5.56 Å². The summed E-state index contributed by atoms with van der Waals surface area (Å²) in [6.07, 6.45) is 6.22. The fourth-order valence-corrected chi connectivity index (χ4v) is 4.64. The summed E-state index contributed by atoms with van der Waals surface area (Å²) in [7, 11) is 0. The smallest absolute Gasteiger partial charge is 0.253 e. The summed E-state index contributed by atoms with van der Waals surface area (Å²) in [4.78, 5) is 20.5. The molecule has 164 valence electrons. The lowest BCUT2D eigenvalue weighted by Gasteiger charge is -2.32. The first-order valence-corrected chi connectivity index (χ1v) is 11.8. The van der Waals surface area contributed by atoms with Gasteiger partial charge in [-0.15, -0.1) is 0 Å². The first-order chi connectivity index (χ1) is 14.5. The van der Waals surface area contributed by atoms with Crippen LogP contribution in [0.5, 0.6) is 0 Å². The van der Waals surface area contributed by atoms with Crippen LogP contribution in [0, 0.1) is 6.92 Å². The van der Waals surface area contributed by atoms with Gasteiger partial charge in [0, 0.05) is 24.7 Å². The minimum absolute atomic E-state index is 0.0231. The zero-order valence-corrected chi connectivity index (χ0v) is 19.5. The van der Waals surface area contributed by atoms with Crippen LogP contribution in [0.1, 0.15) is 57.1 Å². The van der Waals surface area contributed by atoms with Crippen molar-refractivity contribution < 1.29 is 0 Å². The van der Waals surface area contributed by atoms with E-state index in [1.807, 2.05) is 25.1 Å². The summed E-state index contributed by atoms with van der Waals surface area (Å²) >= 11 is 5.82. The minimum Gasteiger partial charge on any atom is -0.360 e. The molecule has 1 aliphatic rings. The van der Waals surface area contributed by atoms with Crippen molar-refractivity contribution in [2.45, 2.75) is 65.5 Å². The molecule has 0 saturated heterocycles. The number of thiocarbonyl (C=S) groups is 1. The van der Waals surface area contributed by atoms with E-state index in [0.29, 0.717) is 12.6 Å². The highest BCUT2D eigenvalue weighted by Gasteiger charge is 2.19. The Morgan fingerprint density at radius 1 is 1.17 bits per heavy atom. The van der Waals surface area contributed by atoms with E-state index in [1.54, 1.807) is 0 Å². The molecule has 0 unspecified atom stereocenters. The summed E-state index contributed by atoms with van der Waals surface area (Å²) in [5, 5.41) is 5.44. The molecule has 1 aromatic heterocycles. The molecule has 0 bridgehead atoms. The summed E-state index contributed by atoms with van der Waals surface area (Å²) in [5.41, 5.74) is 2.75. The zero-order chi connectivity index (χ0) is 21.5. The quantitative estimate of drug-likeness (QED) is 0.618. The number of H-pyrrole nitrogens is 1. The normalized spacial score (nSPS) is 14.9. The number of pyridine rings is 1. The van der Waals surface area contributed by atoms with Crippen LogP contribution in [-0.2, 0) is 6.54 Å². The summed E-state index contributed by atoms with van der Waals surface area (Å²) in [6.45, 7) is 10.7. The molecule has 2 aromatic rings. The number of fused-ring (bicyclic) bond motifs is 1. The summed E-state index contributed by atoms with van der Waals surface area (Å²) in [6, 6.07) is 8.60. The highest BCUT2D eigenvalue weighted by molar-refractivity contribution is 7.80. The molecule has 5 nitrogen and oxygen atoms in total. The maximum Gasteiger partial charge on any atom is 0.253 e. The molecule has 0 amide bonds. The molecule has 6 heteroatoms. The number of aryl methyl sites for hydroxylation is 1. The van der Waals surface area contributed by atoms with Crippen molar-refractivity contribution in [1.29, 1.82) is 0 Å². The average molecular weight is 429 g/mol. The van der Waals surface area contributed by atoms with E-state index in [2.05, 4.69) is 40.0 Å². The van der Waals surface area contributed by atoms with Crippen molar-refractivity contribution in [1.82, 2.24) is 20.1 Å². The number of aromatic amines is 1. The highest BCUT2D eigenvalue weighted by atomic mass is 32.1. The number of rotatable bonds is 8. The Morgan fingerprint density at radius 3 is 2.60 bits per heavy atom. The number of likely N-dealkylation sites (N-methyl/N-ethyl adjacent to an activating group) is 1. The van der Waals surface area contributed by atoms with Gasteiger partial charge in [0.15, 0.2) is 5.11 Å². The Balaban J connectivity index is 1.80. The van der Waals surface area contributed by atoms with Crippen molar-refractivity contribution in [3.63, 3.8) is 0 Å². The molecule has 1 fully saturated rings. The molecule has 1 aliphatic carbocycles. The molecular formula is C24H36N4OS. The number of hydrogen-bond acceptors (Lipinski definition) is 3. The van der Waals surface area contributed by atoms with E-state index in [-0.39, 0.29) is 5.56 Å². The van der Waals surface area contributed by atoms with Crippen LogP contribution in [0.15, 0.2) is 29.1 Å². The van der Waals surface area contributed by atoms with Gasteiger partial charge in [0.1, 0.15) is 0 Å². The summed E-state index contributed by atoms with van der Waals surface area (Å²) < 4.78 is 0. The Kier molecular flexibility index (Phi) is 8.28. The van der Waals surface area contributed by atoms with Crippen LogP contribution in [-0.4, -0.2) is 52.1 Å². The Morgan fingerprint density at radius 2 is 1.90 bits per heavy atom. The molecule has 0 spiro atoms. The maximum atomic E-state index is 12.8. The van der Waals surface area contributed by atoms with Crippen molar-refractivity contribution in [3.8, 4) is 0 Å². The van der Waals surface area contributed by atoms with Crippen molar-refractivity contribution >= 4 is 28.2 Å². The zero-order valence-electron chi connectivity index (χ0n) is 18.7. The van der Waals surface area contributed by atoms with Gasteiger partial charge >= 0.3 is 0 Å². The Bertz CT molecular complexity index is 900. The lowest BCUT2D eigenvalue weighted by Crippen LogP contribution is -2.47. The van der Waals surface area contributed by atoms with Crippen LogP contribution in [0.25, 0.3) is 10.9 Å². The monoisotopic (exact) mass is 428 g/mol. The maximum absolute atomic E-state index is 12.8. The second kappa shape index (κ2) is 10.9. The number of aromatic nitrogens is 1. The van der Waals surface area contributed by atoms with Gasteiger partial charge in [0.2, 0.25) is 0 Å². The first-order valence-electron chi connectivity index (χ1n) is 11.4. The van der Waals surface area contributed by atoms with Crippen LogP contribution in [0.3, 0.4) is 0 Å². The minimum atomic E-state index is -0.0231. The van der Waals surface area contributed by atoms with E-state index in [1.165, 1.54) is 32.1 Å². The molecule has 1 aromatic carbocycles. The van der Waals surface area contributed by atoms with E-state index in [4.69, 9.17) is 12.2 Å². The second-order valence-electron chi connectivity index (χ2n) is 8.40. The predicted molar refractivity (Wildman–Crippen MR) is 130 cm³/mol. The topological polar surface area (TPSA) is 51.4 Å². The van der Waals surface area contributed by atoms with Gasteiger partial charge in [-0.3, -0.25) is 4.79 Å². The van der Waals surface area contributed by atoms with Crippen LogP contribution in [0.4, 0.5) is 0 Å². The highest BCUT2D eigenvalue weighted by Crippen LogP contribution is 2.19. The number of benzene rings is 1. The average Bonchev–Trinajstić information content (AvgIpc) is 2.75. The van der Waals surface area contributed by atoms with Gasteiger partial charge in [0.05, 0.1) is 12.1 Å². The molecule has 2 N–H and O–H groups in total. The Hall–Kier alpha value is -1.92. The molecule has 30 heavy (non-hydrogen) atoms. The fourth-order valence-electron chi connectivity index (χ4n) is 4.32. The number of para-hydroxylation sites is 1. The van der Waals surface area contributed by atoms with Gasteiger partial charge in [-0.25, -0.2) is 0 Å². The van der Waals surface area contributed by atoms with Gasteiger partial charge in [-0.2, -0.15) is 0 Å². The van der Waals surface area contributed by atoms with Gasteiger partial charge in [-0.05, 0) is 62.1 Å². The third-order valence-electron chi connectivity index (χ3n) is 6.33. The number of nitrogens with one attached hydrogen (secondary N) is 2. The number of hydrogen-bond donors (Lipinski definition) is 2. The molecular weight excluding hydrogens is 392 g/mol. The van der Waals surface area contributed by atoms with Crippen LogP contribution in [0.2, 0.25) is 0 Å². The second-order valence-corrected chi connectivity index (χ2v) is 8.78. The molecule has 1 saturated carbocycles. The van der Waals surface area contributed by atoms with E-state index >= 15 is 0 Å². The van der Waals surface area contributed by atoms with Crippen LogP contribution >= 0.6 is 12.2 Å². The standard InChI is InChI=1S/C24H36N4OS/c1-4-27(5-2)14-15-28(24(30)25-21-12-7-6-8-13-21)17-20-16-19-11-9-10-18(3)22(19)26-23(20)29/h9-11,16,21H,4-8,12-15,17H2,1-3H3,(H,25,30)(H,26,29). The van der Waals surface area contributed by atoms with Gasteiger partial charge in [-0.1, -0.05) is 51.3 Å². The van der Waals surface area contributed by atoms with Crippen LogP contribution < -0.4 is 10.9 Å². The SMILES string of the molecule is CCN(CC)CCN(Cc1cc2cccc(C)c2[nH]c1=O)C(=S)NC1CCCCC1. The molecule has 1 heterocycles. The predicted octanol–water partition coefficient (Wildman–Crippen LogP) is 4.19. The largest absolute Gasteiger partial charge is 0.360 e. The van der Waals surface area contributed by atoms with E-state index in [0.717, 1.165) is 53.3 Å². The summed E-state index contributed by atoms with van der Waals surface area (Å²) in [5.74, 6) is 0. The van der Waals surface area contributed by atoms with E-state index < -0.39 is 0 Å². The fraction of sp³-hybridized carbons (Fsp3) is 0.583. The van der Waals surface area contributed by atoms with E-state index in [9.17, 15) is 4.79 Å². The van der Waals surface area contributed by atoms with Crippen molar-refractivity contribution in [3.05, 3.63) is 45.7 Å². The lowest BCUT2D eigenvalue weighted by atomic mass is 9.96. The third-order valence-corrected chi connectivity index (χ3v) is 6.70. The third kappa shape index (κ3) is 5.82. The first kappa shape index (κ1) is 22.8.